The molecule has 2 aliphatic heterocycles. The summed E-state index contributed by atoms with van der Waals surface area (Å²) >= 11 is 0. The van der Waals surface area contributed by atoms with E-state index in [4.69, 9.17) is 14.7 Å². The second-order valence-corrected chi connectivity index (χ2v) is 8.33. The van der Waals surface area contributed by atoms with Crippen molar-refractivity contribution in [2.24, 2.45) is 4.99 Å². The summed E-state index contributed by atoms with van der Waals surface area (Å²) in [5.41, 5.74) is 3.24. The Morgan fingerprint density at radius 1 is 1.13 bits per heavy atom. The fraction of sp³-hybridized carbons (Fsp3) is 0.391. The second-order valence-electron chi connectivity index (χ2n) is 8.33. The first kappa shape index (κ1) is 19.8. The van der Waals surface area contributed by atoms with E-state index in [1.807, 2.05) is 18.2 Å². The van der Waals surface area contributed by atoms with Gasteiger partial charge in [-0.05, 0) is 56.9 Å². The minimum Gasteiger partial charge on any atom is -0.497 e. The number of aliphatic imine (C=N–C) groups is 1. The highest BCUT2D eigenvalue weighted by Crippen LogP contribution is 2.34. The monoisotopic (exact) mass is 419 g/mol. The van der Waals surface area contributed by atoms with E-state index in [1.165, 1.54) is 0 Å². The molecular formula is C23H29N7O. The number of fused-ring (bicyclic) bond motifs is 5. The van der Waals surface area contributed by atoms with Gasteiger partial charge in [-0.1, -0.05) is 24.3 Å². The van der Waals surface area contributed by atoms with Crippen LogP contribution in [0.3, 0.4) is 0 Å². The van der Waals surface area contributed by atoms with E-state index in [0.717, 1.165) is 60.4 Å². The maximum Gasteiger partial charge on any atom is 0.216 e. The van der Waals surface area contributed by atoms with Crippen LogP contribution < -0.4 is 15.0 Å². The Kier molecular flexibility index (Phi) is 5.25. The van der Waals surface area contributed by atoms with Crippen molar-refractivity contribution in [1.29, 1.82) is 0 Å². The first-order valence-corrected chi connectivity index (χ1v) is 10.7. The zero-order valence-corrected chi connectivity index (χ0v) is 18.3. The lowest BCUT2D eigenvalue weighted by molar-refractivity contribution is 0.254. The Hall–Kier alpha value is -3.10. The second kappa shape index (κ2) is 8.20. The first-order chi connectivity index (χ1) is 15.1. The molecule has 0 spiro atoms. The Morgan fingerprint density at radius 2 is 1.94 bits per heavy atom. The Bertz CT molecular complexity index is 1090. The van der Waals surface area contributed by atoms with Crippen LogP contribution in [-0.2, 0) is 0 Å². The summed E-state index contributed by atoms with van der Waals surface area (Å²) in [4.78, 5) is 16.7. The van der Waals surface area contributed by atoms with E-state index < -0.39 is 0 Å². The van der Waals surface area contributed by atoms with Gasteiger partial charge in [-0.15, -0.1) is 0 Å². The van der Waals surface area contributed by atoms with Crippen molar-refractivity contribution in [3.8, 4) is 5.75 Å². The largest absolute Gasteiger partial charge is 0.497 e. The molecule has 0 bridgehead atoms. The number of hydrogen-bond acceptors (Lipinski definition) is 7. The lowest BCUT2D eigenvalue weighted by atomic mass is 10.1. The van der Waals surface area contributed by atoms with Crippen LogP contribution in [0, 0.1) is 0 Å². The van der Waals surface area contributed by atoms with Crippen LogP contribution in [0.5, 0.6) is 5.75 Å². The number of hydrogen-bond donors (Lipinski definition) is 1. The number of rotatable bonds is 6. The number of guanidine groups is 1. The molecule has 5 rings (SSSR count). The molecule has 2 aliphatic rings. The first-order valence-electron chi connectivity index (χ1n) is 10.7. The van der Waals surface area contributed by atoms with Crippen LogP contribution >= 0.6 is 0 Å². The molecule has 0 fully saturated rings. The molecule has 162 valence electrons. The molecule has 31 heavy (non-hydrogen) atoms. The van der Waals surface area contributed by atoms with Gasteiger partial charge in [0.25, 0.3) is 0 Å². The predicted molar refractivity (Wildman–Crippen MR) is 124 cm³/mol. The normalized spacial score (nSPS) is 18.5. The molecule has 1 aromatic heterocycles. The number of benzene rings is 2. The highest BCUT2D eigenvalue weighted by molar-refractivity contribution is 5.98. The Balaban J connectivity index is 1.51. The number of nitrogens with one attached hydrogen (secondary N) is 1. The van der Waals surface area contributed by atoms with Crippen molar-refractivity contribution in [2.75, 3.05) is 52.5 Å². The molecule has 0 amide bonds. The lowest BCUT2D eigenvalue weighted by Crippen LogP contribution is -2.57. The van der Waals surface area contributed by atoms with Crippen LogP contribution in [0.4, 0.5) is 5.95 Å². The third kappa shape index (κ3) is 3.73. The predicted octanol–water partition coefficient (Wildman–Crippen LogP) is 2.54. The van der Waals surface area contributed by atoms with Crippen molar-refractivity contribution in [1.82, 2.24) is 24.7 Å². The van der Waals surface area contributed by atoms with E-state index in [-0.39, 0.29) is 6.17 Å². The fourth-order valence-corrected chi connectivity index (χ4v) is 4.28. The van der Waals surface area contributed by atoms with Gasteiger partial charge in [0, 0.05) is 6.54 Å². The molecule has 0 unspecified atom stereocenters. The molecule has 8 nitrogen and oxygen atoms in total. The lowest BCUT2D eigenvalue weighted by Gasteiger charge is -2.41. The molecule has 0 radical (unpaired) electrons. The molecule has 0 aliphatic carbocycles. The fourth-order valence-electron chi connectivity index (χ4n) is 4.28. The zero-order chi connectivity index (χ0) is 21.4. The molecule has 3 aromatic rings. The number of anilines is 1. The van der Waals surface area contributed by atoms with Crippen LogP contribution in [0.25, 0.3) is 11.0 Å². The van der Waals surface area contributed by atoms with E-state index in [9.17, 15) is 0 Å². The Morgan fingerprint density at radius 3 is 2.71 bits per heavy atom. The smallest absolute Gasteiger partial charge is 0.216 e. The highest BCUT2D eigenvalue weighted by Gasteiger charge is 2.35. The van der Waals surface area contributed by atoms with Gasteiger partial charge in [0.15, 0.2) is 0 Å². The number of imidazole rings is 1. The maximum absolute atomic E-state index is 5.35. The maximum atomic E-state index is 5.35. The molecule has 1 atom stereocenters. The molecule has 1 N–H and O–H groups in total. The molecular weight excluding hydrogens is 390 g/mol. The summed E-state index contributed by atoms with van der Waals surface area (Å²) in [5, 5.41) is 3.66. The van der Waals surface area contributed by atoms with Gasteiger partial charge >= 0.3 is 0 Å². The van der Waals surface area contributed by atoms with Gasteiger partial charge in [-0.2, -0.15) is 0 Å². The van der Waals surface area contributed by atoms with E-state index >= 15 is 0 Å². The number of para-hydroxylation sites is 2. The average molecular weight is 420 g/mol. The topological polar surface area (TPSA) is 61.2 Å². The van der Waals surface area contributed by atoms with Crippen molar-refractivity contribution < 1.29 is 4.74 Å². The van der Waals surface area contributed by atoms with Crippen molar-refractivity contribution in [3.05, 3.63) is 54.1 Å². The summed E-state index contributed by atoms with van der Waals surface area (Å²) < 4.78 is 7.62. The van der Waals surface area contributed by atoms with Gasteiger partial charge in [-0.25, -0.2) is 9.98 Å². The highest BCUT2D eigenvalue weighted by atomic mass is 16.5. The van der Waals surface area contributed by atoms with Gasteiger partial charge in [0.2, 0.25) is 11.9 Å². The Labute approximate surface area is 182 Å². The molecule has 8 heteroatoms. The van der Waals surface area contributed by atoms with Crippen molar-refractivity contribution in [2.45, 2.75) is 12.6 Å². The third-order valence-corrected chi connectivity index (χ3v) is 5.87. The van der Waals surface area contributed by atoms with Crippen LogP contribution in [0.1, 0.15) is 18.2 Å². The number of aromatic nitrogens is 2. The van der Waals surface area contributed by atoms with Crippen molar-refractivity contribution in [3.63, 3.8) is 0 Å². The van der Waals surface area contributed by atoms with Gasteiger partial charge in [0.05, 0.1) is 31.5 Å². The van der Waals surface area contributed by atoms with Gasteiger partial charge in [-0.3, -0.25) is 14.4 Å². The summed E-state index contributed by atoms with van der Waals surface area (Å²) in [6.07, 6.45) is 1.04. The minimum absolute atomic E-state index is 0.0800. The van der Waals surface area contributed by atoms with E-state index in [1.54, 1.807) is 7.11 Å². The van der Waals surface area contributed by atoms with Gasteiger partial charge < -0.3 is 15.0 Å². The van der Waals surface area contributed by atoms with E-state index in [2.05, 4.69) is 69.0 Å². The standard InChI is InChI=1S/C23H29N7O/c1-27(2)13-6-14-28-15-24-22-26-21(17-9-11-18(31-3)12-10-17)30-20-8-5-4-7-19(20)25-23(30)29(22)16-28/h4-5,7-12,21H,6,13-16H2,1-3H3,(H,24,26)/t21-/m1/s1. The SMILES string of the molecule is COc1ccc([C@@H]2NC3=NCN(CCCN(C)C)CN3c3nc4ccccc4n32)cc1. The zero-order valence-electron chi connectivity index (χ0n) is 18.3. The molecule has 3 heterocycles. The summed E-state index contributed by atoms with van der Waals surface area (Å²) in [6.45, 7) is 3.55. The quantitative estimate of drug-likeness (QED) is 0.663. The van der Waals surface area contributed by atoms with Crippen LogP contribution in [-0.4, -0.2) is 72.9 Å². The summed E-state index contributed by atoms with van der Waals surface area (Å²) in [7, 11) is 5.92. The van der Waals surface area contributed by atoms with Crippen molar-refractivity contribution >= 4 is 22.9 Å². The summed E-state index contributed by atoms with van der Waals surface area (Å²) in [5.74, 6) is 2.66. The van der Waals surface area contributed by atoms with E-state index in [0.29, 0.717) is 6.67 Å². The minimum atomic E-state index is -0.0800. The number of ether oxygens (including phenoxy) is 1. The summed E-state index contributed by atoms with van der Waals surface area (Å²) in [6, 6.07) is 16.5. The molecule has 0 saturated carbocycles. The molecule has 2 aromatic carbocycles. The number of nitrogens with zero attached hydrogens (tertiary/aromatic N) is 6. The third-order valence-electron chi connectivity index (χ3n) is 5.87. The van der Waals surface area contributed by atoms with Crippen LogP contribution in [0.15, 0.2) is 53.5 Å². The average Bonchev–Trinajstić information content (AvgIpc) is 3.18. The molecule has 0 saturated heterocycles. The van der Waals surface area contributed by atoms with Gasteiger partial charge in [0.1, 0.15) is 11.9 Å². The van der Waals surface area contributed by atoms with Crippen LogP contribution in [0.2, 0.25) is 0 Å². The number of methoxy groups -OCH3 is 1.